The molecule has 0 radical (unpaired) electrons. The Morgan fingerprint density at radius 2 is 1.02 bits per heavy atom. The molecule has 1 aromatic heterocycles. The van der Waals surface area contributed by atoms with Crippen molar-refractivity contribution in [3.63, 3.8) is 0 Å². The minimum atomic E-state index is -2.68. The van der Waals surface area contributed by atoms with Gasteiger partial charge in [-0.1, -0.05) is 115 Å². The zero-order valence-electron chi connectivity index (χ0n) is 22.6. The molecule has 1 unspecified atom stereocenters. The van der Waals surface area contributed by atoms with Crippen LogP contribution in [0.15, 0.2) is 140 Å². The number of benzene rings is 6. The van der Waals surface area contributed by atoms with Gasteiger partial charge < -0.3 is 4.57 Å². The van der Waals surface area contributed by atoms with E-state index < -0.39 is 7.14 Å². The highest BCUT2D eigenvalue weighted by atomic mass is 31.2. The summed E-state index contributed by atoms with van der Waals surface area (Å²) in [5.41, 5.74) is 9.14. The average Bonchev–Trinajstić information content (AvgIpc) is 3.26. The van der Waals surface area contributed by atoms with Crippen LogP contribution in [0.5, 0.6) is 0 Å². The highest BCUT2D eigenvalue weighted by molar-refractivity contribution is 7.79. The summed E-state index contributed by atoms with van der Waals surface area (Å²) < 4.78 is 14.1. The fourth-order valence-electron chi connectivity index (χ4n) is 6.58. The molecule has 0 amide bonds. The highest BCUT2D eigenvalue weighted by Crippen LogP contribution is 2.51. The molecule has 6 aromatic carbocycles. The first-order chi connectivity index (χ1) is 20.1. The van der Waals surface area contributed by atoms with Gasteiger partial charge in [-0.2, -0.15) is 0 Å². The first kappa shape index (κ1) is 24.1. The van der Waals surface area contributed by atoms with E-state index >= 15 is 0 Å². The Morgan fingerprint density at radius 1 is 0.488 bits per heavy atom. The molecule has 0 saturated carbocycles. The molecule has 2 nitrogen and oxygen atoms in total. The number of fused-ring (bicyclic) bond motifs is 5. The highest BCUT2D eigenvalue weighted by Gasteiger charge is 2.34. The van der Waals surface area contributed by atoms with E-state index in [9.17, 15) is 4.57 Å². The van der Waals surface area contributed by atoms with Crippen LogP contribution in [0.4, 0.5) is 0 Å². The van der Waals surface area contributed by atoms with Crippen LogP contribution in [0, 0.1) is 0 Å². The maximum absolute atomic E-state index is 14.1. The Morgan fingerprint density at radius 3 is 1.66 bits per heavy atom. The monoisotopic (exact) mass is 543 g/mol. The number of hydrogen-bond acceptors (Lipinski definition) is 2. The third-order valence-electron chi connectivity index (χ3n) is 8.50. The van der Waals surface area contributed by atoms with E-state index in [2.05, 4.69) is 108 Å². The fourth-order valence-corrected chi connectivity index (χ4v) is 8.91. The summed E-state index contributed by atoms with van der Waals surface area (Å²) in [4.78, 5) is 4.29. The second-order valence-corrected chi connectivity index (χ2v) is 13.6. The normalized spacial score (nSPS) is 15.6. The quantitative estimate of drug-likeness (QED) is 0.164. The second-order valence-electron chi connectivity index (χ2n) is 10.8. The molecule has 0 aliphatic carbocycles. The van der Waals surface area contributed by atoms with Crippen molar-refractivity contribution in [2.75, 3.05) is 6.66 Å². The zero-order chi connectivity index (χ0) is 27.6. The minimum Gasteiger partial charge on any atom is -0.314 e. The molecular formula is C38H26NOP. The van der Waals surface area contributed by atoms with Crippen LogP contribution in [0.3, 0.4) is 0 Å². The lowest BCUT2D eigenvalue weighted by Gasteiger charge is -2.19. The molecule has 194 valence electrons. The number of hydrogen-bond donors (Lipinski definition) is 0. The average molecular weight is 544 g/mol. The summed E-state index contributed by atoms with van der Waals surface area (Å²) >= 11 is 0. The first-order valence-electron chi connectivity index (χ1n) is 13.9. The third kappa shape index (κ3) is 3.65. The Balaban J connectivity index is 1.37. The molecule has 1 aliphatic heterocycles. The predicted molar refractivity (Wildman–Crippen MR) is 174 cm³/mol. The van der Waals surface area contributed by atoms with Gasteiger partial charge in [0.2, 0.25) is 0 Å². The van der Waals surface area contributed by atoms with Gasteiger partial charge in [-0.05, 0) is 84.9 Å². The van der Waals surface area contributed by atoms with Gasteiger partial charge in [0.25, 0.3) is 0 Å². The largest absolute Gasteiger partial charge is 0.314 e. The summed E-state index contributed by atoms with van der Waals surface area (Å²) in [6.07, 6.45) is 3.70. The fraction of sp³-hybridized carbons (Fsp3) is 0.0263. The standard InChI is InChI=1S/C38H26NOP/c1-41(40)35-15-7-6-10-29(35)30-21-20-27(23-36(30)41)38-33-13-4-2-11-31(33)37(32-12-3-5-14-34(32)38)26-18-16-25(17-19-26)28-9-8-22-39-24-28/h2-24H,1H3. The van der Waals surface area contributed by atoms with Gasteiger partial charge in [0.1, 0.15) is 7.14 Å². The van der Waals surface area contributed by atoms with E-state index in [4.69, 9.17) is 0 Å². The van der Waals surface area contributed by atoms with Crippen molar-refractivity contribution < 1.29 is 4.57 Å². The Bertz CT molecular complexity index is 2130. The van der Waals surface area contributed by atoms with Crippen LogP contribution in [-0.4, -0.2) is 11.6 Å². The van der Waals surface area contributed by atoms with Crippen molar-refractivity contribution in [2.24, 2.45) is 0 Å². The van der Waals surface area contributed by atoms with Gasteiger partial charge in [-0.3, -0.25) is 4.98 Å². The van der Waals surface area contributed by atoms with Crippen LogP contribution < -0.4 is 10.6 Å². The summed E-state index contributed by atoms with van der Waals surface area (Å²) in [7, 11) is -2.68. The number of pyridine rings is 1. The third-order valence-corrected chi connectivity index (χ3v) is 11.1. The van der Waals surface area contributed by atoms with Gasteiger partial charge in [0.05, 0.1) is 0 Å². The second kappa shape index (κ2) is 9.13. The molecule has 2 heterocycles. The number of aromatic nitrogens is 1. The summed E-state index contributed by atoms with van der Waals surface area (Å²) in [5.74, 6) is 0. The molecule has 1 aliphatic rings. The van der Waals surface area contributed by atoms with Crippen molar-refractivity contribution >= 4 is 39.3 Å². The molecule has 1 atom stereocenters. The summed E-state index contributed by atoms with van der Waals surface area (Å²) in [5, 5.41) is 6.72. The lowest BCUT2D eigenvalue weighted by molar-refractivity contribution is 0.591. The molecule has 0 saturated heterocycles. The lowest BCUT2D eigenvalue weighted by Crippen LogP contribution is -2.08. The van der Waals surface area contributed by atoms with E-state index in [-0.39, 0.29) is 0 Å². The van der Waals surface area contributed by atoms with Crippen molar-refractivity contribution in [2.45, 2.75) is 0 Å². The van der Waals surface area contributed by atoms with E-state index in [1.54, 1.807) is 6.20 Å². The van der Waals surface area contributed by atoms with E-state index in [0.29, 0.717) is 0 Å². The zero-order valence-corrected chi connectivity index (χ0v) is 23.5. The molecule has 41 heavy (non-hydrogen) atoms. The Labute approximate surface area is 239 Å². The Hall–Kier alpha value is -4.78. The SMILES string of the molecule is CP1(=O)c2ccccc2-c2ccc(-c3c4ccccc4c(-c4ccc(-c5cccnc5)cc4)c4ccccc34)cc21. The van der Waals surface area contributed by atoms with Crippen LogP contribution >= 0.6 is 7.14 Å². The topological polar surface area (TPSA) is 30.0 Å². The molecule has 0 N–H and O–H groups in total. The molecule has 0 bridgehead atoms. The number of rotatable bonds is 3. The molecule has 0 spiro atoms. The molecule has 0 fully saturated rings. The van der Waals surface area contributed by atoms with Crippen LogP contribution in [0.2, 0.25) is 0 Å². The smallest absolute Gasteiger partial charge is 0.141 e. The van der Waals surface area contributed by atoms with Crippen LogP contribution in [0.25, 0.3) is 66.1 Å². The van der Waals surface area contributed by atoms with Gasteiger partial charge in [-0.15, -0.1) is 0 Å². The van der Waals surface area contributed by atoms with E-state index in [1.165, 1.54) is 38.2 Å². The number of nitrogens with zero attached hydrogens (tertiary/aromatic N) is 1. The van der Waals surface area contributed by atoms with Crippen molar-refractivity contribution in [1.82, 2.24) is 4.98 Å². The maximum atomic E-state index is 14.1. The van der Waals surface area contributed by atoms with Gasteiger partial charge in [-0.25, -0.2) is 0 Å². The van der Waals surface area contributed by atoms with Gasteiger partial charge in [0.15, 0.2) is 0 Å². The lowest BCUT2D eigenvalue weighted by atomic mass is 9.85. The molecule has 7 aromatic rings. The molecule has 3 heteroatoms. The first-order valence-corrected chi connectivity index (χ1v) is 16.0. The van der Waals surface area contributed by atoms with E-state index in [0.717, 1.165) is 38.4 Å². The summed E-state index contributed by atoms with van der Waals surface area (Å²) in [6, 6.07) is 44.9. The summed E-state index contributed by atoms with van der Waals surface area (Å²) in [6.45, 7) is 1.91. The van der Waals surface area contributed by atoms with Crippen LogP contribution in [-0.2, 0) is 4.57 Å². The van der Waals surface area contributed by atoms with Crippen LogP contribution in [0.1, 0.15) is 0 Å². The molecular weight excluding hydrogens is 517 g/mol. The van der Waals surface area contributed by atoms with Crippen molar-refractivity contribution in [1.29, 1.82) is 0 Å². The van der Waals surface area contributed by atoms with E-state index in [1.807, 2.05) is 37.1 Å². The van der Waals surface area contributed by atoms with Gasteiger partial charge >= 0.3 is 0 Å². The van der Waals surface area contributed by atoms with Crippen molar-refractivity contribution in [3.05, 3.63) is 140 Å². The molecule has 8 rings (SSSR count). The predicted octanol–water partition coefficient (Wildman–Crippen LogP) is 9.31. The minimum absolute atomic E-state index is 0.958. The van der Waals surface area contributed by atoms with Gasteiger partial charge in [0, 0.05) is 23.0 Å². The van der Waals surface area contributed by atoms with Crippen molar-refractivity contribution in [3.8, 4) is 44.5 Å². The Kier molecular flexibility index (Phi) is 5.35. The maximum Gasteiger partial charge on any atom is 0.141 e.